The molecule has 0 saturated heterocycles. The minimum atomic E-state index is -0.923. The number of hydrogen-bond donors (Lipinski definition) is 1. The number of fused-ring (bicyclic) bond motifs is 1. The lowest BCUT2D eigenvalue weighted by Gasteiger charge is -2.26. The molecule has 2 N–H and O–H groups in total. The van der Waals surface area contributed by atoms with Crippen molar-refractivity contribution in [3.8, 4) is 0 Å². The molecule has 0 fully saturated rings. The summed E-state index contributed by atoms with van der Waals surface area (Å²) in [6, 6.07) is 6.91. The van der Waals surface area contributed by atoms with E-state index in [2.05, 4.69) is 9.97 Å². The number of pyridine rings is 2. The van der Waals surface area contributed by atoms with Crippen LogP contribution in [0.3, 0.4) is 0 Å². The molecule has 0 unspecified atom stereocenters. The van der Waals surface area contributed by atoms with Crippen LogP contribution in [0.15, 0.2) is 59.4 Å². The highest BCUT2D eigenvalue weighted by atomic mass is 32.1. The van der Waals surface area contributed by atoms with Crippen LogP contribution in [0.4, 0.5) is 0 Å². The number of carbonyl (C=O) groups excluding carboxylic acids is 2. The molecule has 3 aromatic rings. The number of methoxy groups -OCH3 is 2. The zero-order valence-corrected chi connectivity index (χ0v) is 18.0. The van der Waals surface area contributed by atoms with Crippen molar-refractivity contribution in [2.75, 3.05) is 14.2 Å². The van der Waals surface area contributed by atoms with Gasteiger partial charge in [0.2, 0.25) is 0 Å². The molecule has 1 aliphatic rings. The summed E-state index contributed by atoms with van der Waals surface area (Å²) in [7, 11) is 2.43. The first-order valence-corrected chi connectivity index (χ1v) is 10.2. The van der Waals surface area contributed by atoms with Gasteiger partial charge in [-0.05, 0) is 29.3 Å². The van der Waals surface area contributed by atoms with Gasteiger partial charge in [0, 0.05) is 24.8 Å². The Kier molecular flexibility index (Phi) is 5.69. The first-order valence-electron chi connectivity index (χ1n) is 9.42. The van der Waals surface area contributed by atoms with Crippen LogP contribution < -0.4 is 20.5 Å². The van der Waals surface area contributed by atoms with E-state index in [-0.39, 0.29) is 21.6 Å². The molecule has 0 spiro atoms. The van der Waals surface area contributed by atoms with Crippen LogP contribution in [-0.4, -0.2) is 40.7 Å². The summed E-state index contributed by atoms with van der Waals surface area (Å²) >= 11 is 1.07. The number of thiazole rings is 1. The number of esters is 2. The summed E-state index contributed by atoms with van der Waals surface area (Å²) < 4.78 is 11.7. The third-order valence-corrected chi connectivity index (χ3v) is 6.07. The summed E-state index contributed by atoms with van der Waals surface area (Å²) in [6.45, 7) is 0. The van der Waals surface area contributed by atoms with Crippen LogP contribution >= 0.6 is 11.3 Å². The zero-order chi connectivity index (χ0) is 22.8. The molecule has 0 bridgehead atoms. The first kappa shape index (κ1) is 21.2. The van der Waals surface area contributed by atoms with Crippen LogP contribution in [0.2, 0.25) is 0 Å². The summed E-state index contributed by atoms with van der Waals surface area (Å²) in [4.78, 5) is 47.1. The van der Waals surface area contributed by atoms with E-state index in [4.69, 9.17) is 15.2 Å². The van der Waals surface area contributed by atoms with Crippen molar-refractivity contribution in [1.82, 2.24) is 14.5 Å². The molecule has 1 atom stereocenters. The monoisotopic (exact) mass is 450 g/mol. The third kappa shape index (κ3) is 3.50. The van der Waals surface area contributed by atoms with Crippen molar-refractivity contribution in [2.45, 2.75) is 5.92 Å². The zero-order valence-electron chi connectivity index (χ0n) is 17.1. The second kappa shape index (κ2) is 8.60. The standard InChI is InChI=1S/C22H18N4O5S/c1-30-21(28)16-15(13-6-4-8-25-11-13)17(22(29)31-2)20-26(18(16)23)19(27)14(32-20)9-12-5-3-7-24-10-12/h3-11,15H,23H2,1-2H3/b14-9-/t15-/m0/s1. The number of nitrogens with two attached hydrogens (primary N) is 1. The maximum Gasteiger partial charge on any atom is 0.338 e. The highest BCUT2D eigenvalue weighted by molar-refractivity contribution is 7.07. The van der Waals surface area contributed by atoms with E-state index in [0.717, 1.165) is 15.9 Å². The molecule has 162 valence electrons. The minimum Gasteiger partial charge on any atom is -0.466 e. The van der Waals surface area contributed by atoms with Crippen molar-refractivity contribution in [3.05, 3.63) is 85.3 Å². The van der Waals surface area contributed by atoms with Gasteiger partial charge in [0.15, 0.2) is 0 Å². The van der Waals surface area contributed by atoms with E-state index in [1.165, 1.54) is 20.4 Å². The van der Waals surface area contributed by atoms with Gasteiger partial charge < -0.3 is 15.2 Å². The van der Waals surface area contributed by atoms with Crippen LogP contribution in [-0.2, 0) is 19.1 Å². The predicted molar refractivity (Wildman–Crippen MR) is 117 cm³/mol. The highest BCUT2D eigenvalue weighted by Crippen LogP contribution is 2.37. The van der Waals surface area contributed by atoms with Gasteiger partial charge in [0.1, 0.15) is 10.5 Å². The molecule has 4 rings (SSSR count). The molecule has 0 aromatic carbocycles. The molecular formula is C22H18N4O5S. The van der Waals surface area contributed by atoms with Crippen molar-refractivity contribution in [2.24, 2.45) is 5.73 Å². The van der Waals surface area contributed by atoms with Gasteiger partial charge in [-0.1, -0.05) is 12.1 Å². The Morgan fingerprint density at radius 1 is 1.06 bits per heavy atom. The topological polar surface area (TPSA) is 126 Å². The van der Waals surface area contributed by atoms with Gasteiger partial charge in [0.25, 0.3) is 5.56 Å². The molecule has 1 aliphatic heterocycles. The van der Waals surface area contributed by atoms with Gasteiger partial charge in [-0.2, -0.15) is 0 Å². The molecule has 9 nitrogen and oxygen atoms in total. The molecular weight excluding hydrogens is 432 g/mol. The van der Waals surface area contributed by atoms with E-state index >= 15 is 0 Å². The summed E-state index contributed by atoms with van der Waals surface area (Å²) in [5.74, 6) is -2.50. The highest BCUT2D eigenvalue weighted by Gasteiger charge is 2.39. The number of aromatic nitrogens is 3. The number of hydrogen-bond acceptors (Lipinski definition) is 9. The Balaban J connectivity index is 2.14. The average molecular weight is 450 g/mol. The Bertz CT molecular complexity index is 1410. The number of carbonyl (C=O) groups is 2. The van der Waals surface area contributed by atoms with Gasteiger partial charge in [-0.25, -0.2) is 9.59 Å². The van der Waals surface area contributed by atoms with Crippen LogP contribution in [0.25, 0.3) is 17.5 Å². The molecule has 0 amide bonds. The smallest absolute Gasteiger partial charge is 0.338 e. The van der Waals surface area contributed by atoms with Crippen molar-refractivity contribution < 1.29 is 19.1 Å². The Labute approximate surface area is 185 Å². The Hall–Kier alpha value is -4.05. The third-order valence-electron chi connectivity index (χ3n) is 4.96. The van der Waals surface area contributed by atoms with E-state index < -0.39 is 23.4 Å². The quantitative estimate of drug-likeness (QED) is 0.549. The van der Waals surface area contributed by atoms with E-state index in [1.807, 2.05) is 0 Å². The van der Waals surface area contributed by atoms with Crippen LogP contribution in [0.1, 0.15) is 17.0 Å². The molecule has 0 aliphatic carbocycles. The Morgan fingerprint density at radius 3 is 2.31 bits per heavy atom. The Morgan fingerprint density at radius 2 is 1.72 bits per heavy atom. The van der Waals surface area contributed by atoms with Gasteiger partial charge in [-0.15, -0.1) is 11.3 Å². The largest absolute Gasteiger partial charge is 0.466 e. The molecule has 4 heterocycles. The van der Waals surface area contributed by atoms with E-state index in [0.29, 0.717) is 15.7 Å². The molecule has 3 aromatic heterocycles. The summed E-state index contributed by atoms with van der Waals surface area (Å²) in [5, 5.41) is 0. The number of nitrogens with zero attached hydrogens (tertiary/aromatic N) is 3. The molecule has 0 radical (unpaired) electrons. The molecule has 10 heteroatoms. The van der Waals surface area contributed by atoms with Gasteiger partial charge >= 0.3 is 11.9 Å². The van der Waals surface area contributed by atoms with Crippen LogP contribution in [0.5, 0.6) is 0 Å². The predicted octanol–water partition coefficient (Wildman–Crippen LogP) is -0.0500. The lowest BCUT2D eigenvalue weighted by atomic mass is 9.84. The minimum absolute atomic E-state index is 0.0405. The average Bonchev–Trinajstić information content (AvgIpc) is 3.15. The SMILES string of the molecule is COC(=O)C1=C(N)n2c(s/c(=C\c3cccnc3)c2=O)=C(C(=O)OC)[C@H]1c1cccnc1. The van der Waals surface area contributed by atoms with Gasteiger partial charge in [-0.3, -0.25) is 19.3 Å². The maximum absolute atomic E-state index is 13.3. The normalized spacial score (nSPS) is 16.0. The second-order valence-electron chi connectivity index (χ2n) is 6.76. The van der Waals surface area contributed by atoms with Gasteiger partial charge in [0.05, 0.1) is 35.8 Å². The first-order chi connectivity index (χ1) is 15.5. The number of rotatable bonds is 4. The van der Waals surface area contributed by atoms with Crippen molar-refractivity contribution in [3.63, 3.8) is 0 Å². The lowest BCUT2D eigenvalue weighted by Crippen LogP contribution is -2.41. The van der Waals surface area contributed by atoms with Crippen LogP contribution in [0, 0.1) is 0 Å². The fourth-order valence-electron chi connectivity index (χ4n) is 3.56. The lowest BCUT2D eigenvalue weighted by molar-refractivity contribution is -0.136. The number of ether oxygens (including phenoxy) is 2. The van der Waals surface area contributed by atoms with Crippen molar-refractivity contribution >= 4 is 40.7 Å². The summed E-state index contributed by atoms with van der Waals surface area (Å²) in [5.41, 5.74) is 7.15. The molecule has 0 saturated carbocycles. The van der Waals surface area contributed by atoms with E-state index in [1.54, 1.807) is 48.9 Å². The molecule has 32 heavy (non-hydrogen) atoms. The van der Waals surface area contributed by atoms with E-state index in [9.17, 15) is 14.4 Å². The fourth-order valence-corrected chi connectivity index (χ4v) is 4.72. The maximum atomic E-state index is 13.3. The van der Waals surface area contributed by atoms with Crippen molar-refractivity contribution in [1.29, 1.82) is 0 Å². The fraction of sp³-hybridized carbons (Fsp3) is 0.136. The summed E-state index contributed by atoms with van der Waals surface area (Å²) in [6.07, 6.45) is 7.95. The second-order valence-corrected chi connectivity index (χ2v) is 7.79.